The van der Waals surface area contributed by atoms with Gasteiger partial charge in [-0.05, 0) is 67.4 Å². The molecule has 1 heterocycles. The van der Waals surface area contributed by atoms with E-state index in [4.69, 9.17) is 14.6 Å². The van der Waals surface area contributed by atoms with Gasteiger partial charge in [0, 0.05) is 4.47 Å². The molecule has 4 amide bonds. The number of amides is 4. The smallest absolute Gasteiger partial charge is 0.335 e. The minimum atomic E-state index is -1.01. The normalized spacial score (nSPS) is 14.4. The van der Waals surface area contributed by atoms with Crippen molar-refractivity contribution < 1.29 is 33.8 Å². The molecule has 2 N–H and O–H groups in total. The average molecular weight is 579 g/mol. The summed E-state index contributed by atoms with van der Waals surface area (Å²) in [7, 11) is 0. The van der Waals surface area contributed by atoms with Gasteiger partial charge in [-0.1, -0.05) is 45.8 Å². The Labute approximate surface area is 226 Å². The summed E-state index contributed by atoms with van der Waals surface area (Å²) in [4.78, 5) is 50.3. The van der Waals surface area contributed by atoms with Crippen molar-refractivity contribution in [2.45, 2.75) is 20.5 Å². The zero-order valence-electron chi connectivity index (χ0n) is 20.5. The molecule has 0 aliphatic carbocycles. The van der Waals surface area contributed by atoms with Gasteiger partial charge in [0.2, 0.25) is 0 Å². The summed E-state index contributed by atoms with van der Waals surface area (Å²) >= 11 is 3.46. The fraction of sp³-hybridized carbons (Fsp3) is 0.143. The zero-order chi connectivity index (χ0) is 27.4. The number of aryl methyl sites for hydroxylation is 1. The molecule has 1 saturated heterocycles. The Kier molecular flexibility index (Phi) is 7.92. The summed E-state index contributed by atoms with van der Waals surface area (Å²) in [6.07, 6.45) is 1.38. The van der Waals surface area contributed by atoms with E-state index in [2.05, 4.69) is 21.2 Å². The van der Waals surface area contributed by atoms with Gasteiger partial charge in [0.15, 0.2) is 11.5 Å². The van der Waals surface area contributed by atoms with Crippen LogP contribution in [0.3, 0.4) is 0 Å². The van der Waals surface area contributed by atoms with Crippen LogP contribution in [0.5, 0.6) is 11.5 Å². The van der Waals surface area contributed by atoms with Crippen LogP contribution in [-0.2, 0) is 16.2 Å². The van der Waals surface area contributed by atoms with Crippen molar-refractivity contribution in [3.63, 3.8) is 0 Å². The van der Waals surface area contributed by atoms with Crippen LogP contribution in [0.1, 0.15) is 34.0 Å². The van der Waals surface area contributed by atoms with Crippen LogP contribution in [0.4, 0.5) is 10.5 Å². The van der Waals surface area contributed by atoms with Crippen LogP contribution in [0.25, 0.3) is 6.08 Å². The summed E-state index contributed by atoms with van der Waals surface area (Å²) in [5, 5.41) is 11.3. The first-order valence-corrected chi connectivity index (χ1v) is 12.4. The molecule has 3 aromatic carbocycles. The van der Waals surface area contributed by atoms with E-state index in [1.54, 1.807) is 55.5 Å². The number of nitrogens with zero attached hydrogens (tertiary/aromatic N) is 1. The standard InChI is InChI=1S/C28H23BrN2O7/c1-3-37-23-13-19(22(29)14-24(23)38-15-17-6-8-18(9-7-17)27(34)35)12-21-25(32)30-28(36)31(26(21)33)20-10-4-16(2)5-11-20/h4-14H,3,15H2,1-2H3,(H,34,35)(H,30,32,36)/b21-12+. The zero-order valence-corrected chi connectivity index (χ0v) is 22.1. The number of benzene rings is 3. The van der Waals surface area contributed by atoms with E-state index in [0.717, 1.165) is 16.0 Å². The first-order valence-electron chi connectivity index (χ1n) is 11.6. The summed E-state index contributed by atoms with van der Waals surface area (Å²) in [6.45, 7) is 4.17. The van der Waals surface area contributed by atoms with E-state index >= 15 is 0 Å². The van der Waals surface area contributed by atoms with Crippen LogP contribution in [0.15, 0.2) is 70.7 Å². The van der Waals surface area contributed by atoms with Crippen LogP contribution in [-0.4, -0.2) is 35.5 Å². The summed E-state index contributed by atoms with van der Waals surface area (Å²) < 4.78 is 12.2. The van der Waals surface area contributed by atoms with Gasteiger partial charge in [-0.25, -0.2) is 14.5 Å². The molecule has 3 aromatic rings. The van der Waals surface area contributed by atoms with Crippen molar-refractivity contribution in [2.24, 2.45) is 0 Å². The molecule has 0 radical (unpaired) electrons. The first kappa shape index (κ1) is 26.6. The second kappa shape index (κ2) is 11.3. The highest BCUT2D eigenvalue weighted by atomic mass is 79.9. The van der Waals surface area contributed by atoms with Crippen molar-refractivity contribution in [1.29, 1.82) is 0 Å². The molecular formula is C28H23BrN2O7. The van der Waals surface area contributed by atoms with Gasteiger partial charge in [-0.15, -0.1) is 0 Å². The number of halogens is 1. The lowest BCUT2D eigenvalue weighted by Gasteiger charge is -2.26. The fourth-order valence-electron chi connectivity index (χ4n) is 3.69. The van der Waals surface area contributed by atoms with E-state index in [0.29, 0.717) is 33.8 Å². The number of urea groups is 1. The monoisotopic (exact) mass is 578 g/mol. The van der Waals surface area contributed by atoms with Crippen LogP contribution in [0, 0.1) is 6.92 Å². The molecule has 0 unspecified atom stereocenters. The predicted octanol–water partition coefficient (Wildman–Crippen LogP) is 5.10. The molecule has 1 aliphatic heterocycles. The maximum absolute atomic E-state index is 13.2. The molecular weight excluding hydrogens is 556 g/mol. The van der Waals surface area contributed by atoms with Crippen molar-refractivity contribution in [2.75, 3.05) is 11.5 Å². The number of hydrogen-bond acceptors (Lipinski definition) is 6. The van der Waals surface area contributed by atoms with Crippen LogP contribution in [0.2, 0.25) is 0 Å². The number of imide groups is 2. The number of carboxylic acids is 1. The maximum atomic E-state index is 13.2. The number of aromatic carboxylic acids is 1. The first-order chi connectivity index (χ1) is 18.2. The third kappa shape index (κ3) is 5.76. The van der Waals surface area contributed by atoms with Gasteiger partial charge in [-0.2, -0.15) is 0 Å². The minimum absolute atomic E-state index is 0.154. The second-order valence-corrected chi connectivity index (χ2v) is 9.19. The number of carbonyl (C=O) groups is 4. The molecule has 1 fully saturated rings. The molecule has 38 heavy (non-hydrogen) atoms. The molecule has 10 heteroatoms. The lowest BCUT2D eigenvalue weighted by atomic mass is 10.1. The minimum Gasteiger partial charge on any atom is -0.490 e. The molecule has 9 nitrogen and oxygen atoms in total. The van der Waals surface area contributed by atoms with Crippen LogP contribution >= 0.6 is 15.9 Å². The van der Waals surface area contributed by atoms with Gasteiger partial charge in [0.25, 0.3) is 11.8 Å². The van der Waals surface area contributed by atoms with E-state index in [1.165, 1.54) is 18.2 Å². The van der Waals surface area contributed by atoms with Crippen molar-refractivity contribution in [1.82, 2.24) is 5.32 Å². The molecule has 0 saturated carbocycles. The summed E-state index contributed by atoms with van der Waals surface area (Å²) in [5.41, 5.74) is 2.46. The van der Waals surface area contributed by atoms with Gasteiger partial charge in [0.05, 0.1) is 17.9 Å². The van der Waals surface area contributed by atoms with Gasteiger partial charge in [-0.3, -0.25) is 14.9 Å². The number of carboxylic acid groups (broad SMARTS) is 1. The molecule has 194 valence electrons. The number of ether oxygens (including phenoxy) is 2. The lowest BCUT2D eigenvalue weighted by Crippen LogP contribution is -2.54. The molecule has 0 atom stereocenters. The van der Waals surface area contributed by atoms with E-state index in [-0.39, 0.29) is 17.7 Å². The number of rotatable bonds is 8. The van der Waals surface area contributed by atoms with Gasteiger partial charge < -0.3 is 14.6 Å². The van der Waals surface area contributed by atoms with Crippen molar-refractivity contribution in [3.8, 4) is 11.5 Å². The van der Waals surface area contributed by atoms with E-state index in [9.17, 15) is 19.2 Å². The summed E-state index contributed by atoms with van der Waals surface area (Å²) in [5.74, 6) is -1.80. The Morgan fingerprint density at radius 3 is 2.29 bits per heavy atom. The van der Waals surface area contributed by atoms with Gasteiger partial charge >= 0.3 is 12.0 Å². The highest BCUT2D eigenvalue weighted by Gasteiger charge is 2.37. The SMILES string of the molecule is CCOc1cc(/C=C2\C(=O)NC(=O)N(c3ccc(C)cc3)C2=O)c(Br)cc1OCc1ccc(C(=O)O)cc1. The Balaban J connectivity index is 1.62. The van der Waals surface area contributed by atoms with E-state index in [1.807, 2.05) is 6.92 Å². The topological polar surface area (TPSA) is 122 Å². The average Bonchev–Trinajstić information content (AvgIpc) is 2.88. The quantitative estimate of drug-likeness (QED) is 0.281. The number of anilines is 1. The number of hydrogen-bond donors (Lipinski definition) is 2. The Bertz CT molecular complexity index is 1450. The van der Waals surface area contributed by atoms with E-state index < -0.39 is 23.8 Å². The predicted molar refractivity (Wildman–Crippen MR) is 143 cm³/mol. The number of carbonyl (C=O) groups excluding carboxylic acids is 3. The number of barbiturate groups is 1. The fourth-order valence-corrected chi connectivity index (χ4v) is 4.13. The third-order valence-electron chi connectivity index (χ3n) is 5.65. The Hall–Kier alpha value is -4.44. The Morgan fingerprint density at radius 1 is 1.00 bits per heavy atom. The maximum Gasteiger partial charge on any atom is 0.335 e. The molecule has 0 bridgehead atoms. The lowest BCUT2D eigenvalue weighted by molar-refractivity contribution is -0.122. The third-order valence-corrected chi connectivity index (χ3v) is 6.34. The van der Waals surface area contributed by atoms with Crippen molar-refractivity contribution >= 4 is 51.5 Å². The second-order valence-electron chi connectivity index (χ2n) is 8.34. The summed E-state index contributed by atoms with van der Waals surface area (Å²) in [6, 6.07) is 15.5. The highest BCUT2D eigenvalue weighted by Crippen LogP contribution is 2.36. The van der Waals surface area contributed by atoms with Gasteiger partial charge in [0.1, 0.15) is 12.2 Å². The van der Waals surface area contributed by atoms with Crippen molar-refractivity contribution in [3.05, 3.63) is 93.0 Å². The molecule has 0 spiro atoms. The highest BCUT2D eigenvalue weighted by molar-refractivity contribution is 9.10. The van der Waals surface area contributed by atoms with Crippen LogP contribution < -0.4 is 19.7 Å². The Morgan fingerprint density at radius 2 is 1.66 bits per heavy atom. The number of nitrogens with one attached hydrogen (secondary N) is 1. The molecule has 0 aromatic heterocycles. The largest absolute Gasteiger partial charge is 0.490 e. The molecule has 4 rings (SSSR count). The molecule has 1 aliphatic rings.